The minimum atomic E-state index is -1.10. The molecule has 0 aromatic heterocycles. The number of hydrogen-bond acceptors (Lipinski definition) is 6. The quantitative estimate of drug-likeness (QED) is 0.814. The Hall–Kier alpha value is -2.89. The summed E-state index contributed by atoms with van der Waals surface area (Å²) in [4.78, 5) is 38.0. The zero-order chi connectivity index (χ0) is 17.9. The minimum absolute atomic E-state index is 0.110. The van der Waals surface area contributed by atoms with E-state index in [1.165, 1.54) is 19.3 Å². The lowest BCUT2D eigenvalue weighted by Crippen LogP contribution is -2.39. The number of methoxy groups -OCH3 is 1. The predicted molar refractivity (Wildman–Crippen MR) is 86.8 cm³/mol. The van der Waals surface area contributed by atoms with Gasteiger partial charge in [0.05, 0.1) is 30.1 Å². The number of allylic oxidation sites excluding steroid dienone is 3. The first-order valence-electron chi connectivity index (χ1n) is 8.11. The van der Waals surface area contributed by atoms with Crippen molar-refractivity contribution in [3.63, 3.8) is 0 Å². The first-order chi connectivity index (χ1) is 11.9. The highest BCUT2D eigenvalue weighted by molar-refractivity contribution is 6.20. The zero-order valence-electron chi connectivity index (χ0n) is 13.5. The number of fused-ring (bicyclic) bond motifs is 3. The molecule has 2 unspecified atom stereocenters. The smallest absolute Gasteiger partial charge is 0.179 e. The van der Waals surface area contributed by atoms with E-state index in [1.54, 1.807) is 6.07 Å². The number of aromatic hydroxyl groups is 1. The highest BCUT2D eigenvalue weighted by Gasteiger charge is 2.47. The molecule has 0 radical (unpaired) electrons. The van der Waals surface area contributed by atoms with Crippen molar-refractivity contribution in [1.29, 1.82) is 0 Å². The molecule has 2 atom stereocenters. The van der Waals surface area contributed by atoms with Gasteiger partial charge in [0.25, 0.3) is 0 Å². The highest BCUT2D eigenvalue weighted by atomic mass is 16.5. The number of phenols is 1. The molecular weight excluding hydrogens is 324 g/mol. The molecule has 0 spiro atoms. The number of phenolic OH excluding ortho intramolecular Hbond substituents is 1. The molecule has 0 bridgehead atoms. The van der Waals surface area contributed by atoms with Crippen LogP contribution < -0.4 is 0 Å². The Morgan fingerprint density at radius 3 is 2.56 bits per heavy atom. The number of carbonyl (C=O) groups is 3. The second-order valence-electron chi connectivity index (χ2n) is 6.53. The fraction of sp³-hybridized carbons (Fsp3) is 0.316. The van der Waals surface area contributed by atoms with Crippen LogP contribution in [0.3, 0.4) is 0 Å². The average molecular weight is 340 g/mol. The maximum Gasteiger partial charge on any atom is 0.179 e. The van der Waals surface area contributed by atoms with Gasteiger partial charge in [-0.05, 0) is 30.5 Å². The predicted octanol–water partition coefficient (Wildman–Crippen LogP) is 2.51. The number of ether oxygens (including phenoxy) is 1. The van der Waals surface area contributed by atoms with Crippen LogP contribution in [0.15, 0.2) is 29.7 Å². The van der Waals surface area contributed by atoms with E-state index < -0.39 is 23.4 Å². The van der Waals surface area contributed by atoms with Crippen molar-refractivity contribution in [3.05, 3.63) is 52.0 Å². The fourth-order valence-corrected chi connectivity index (χ4v) is 3.97. The Morgan fingerprint density at radius 1 is 1.08 bits per heavy atom. The summed E-state index contributed by atoms with van der Waals surface area (Å²) in [5.41, 5.74) is 0.684. The van der Waals surface area contributed by atoms with Crippen LogP contribution in [0.25, 0.3) is 0 Å². The van der Waals surface area contributed by atoms with Crippen LogP contribution in [-0.4, -0.2) is 34.7 Å². The van der Waals surface area contributed by atoms with E-state index in [-0.39, 0.29) is 34.0 Å². The molecule has 6 heteroatoms. The van der Waals surface area contributed by atoms with E-state index >= 15 is 0 Å². The van der Waals surface area contributed by atoms with Crippen LogP contribution in [0.2, 0.25) is 0 Å². The molecule has 0 saturated heterocycles. The van der Waals surface area contributed by atoms with Gasteiger partial charge in [0, 0.05) is 18.1 Å². The standard InChI is InChI=1S/C19H16O6/c1-25-9-6-11-15(13(21)7-9)19(24)16-10(17(11)22)5-8-3-2-4-12(20)14(8)18(16)23/h5-7,11,15,21,23H,2-4H2,1H3. The van der Waals surface area contributed by atoms with Gasteiger partial charge >= 0.3 is 0 Å². The number of Topliss-reactive ketones (excluding diaryl/α,β-unsaturated/α-hetero) is 3. The topological polar surface area (TPSA) is 101 Å². The van der Waals surface area contributed by atoms with E-state index in [0.717, 1.165) is 0 Å². The molecule has 128 valence electrons. The van der Waals surface area contributed by atoms with E-state index in [0.29, 0.717) is 30.6 Å². The largest absolute Gasteiger partial charge is 0.511 e. The maximum absolute atomic E-state index is 12.9. The molecule has 3 aliphatic carbocycles. The lowest BCUT2D eigenvalue weighted by molar-refractivity contribution is 0.0747. The molecule has 0 fully saturated rings. The summed E-state index contributed by atoms with van der Waals surface area (Å²) in [6, 6.07) is 1.55. The van der Waals surface area contributed by atoms with Crippen molar-refractivity contribution in [2.24, 2.45) is 11.8 Å². The van der Waals surface area contributed by atoms with E-state index in [4.69, 9.17) is 4.74 Å². The molecule has 0 amide bonds. The lowest BCUT2D eigenvalue weighted by Gasteiger charge is -2.32. The molecule has 25 heavy (non-hydrogen) atoms. The second-order valence-corrected chi connectivity index (χ2v) is 6.53. The number of rotatable bonds is 1. The van der Waals surface area contributed by atoms with Crippen molar-refractivity contribution >= 4 is 17.3 Å². The van der Waals surface area contributed by atoms with Gasteiger partial charge in [-0.3, -0.25) is 14.4 Å². The normalized spacial score (nSPS) is 24.8. The Balaban J connectivity index is 1.95. The summed E-state index contributed by atoms with van der Waals surface area (Å²) in [6.07, 6.45) is 4.32. The summed E-state index contributed by atoms with van der Waals surface area (Å²) in [5.74, 6) is -3.53. The molecule has 0 aliphatic heterocycles. The van der Waals surface area contributed by atoms with Crippen molar-refractivity contribution < 1.29 is 29.3 Å². The lowest BCUT2D eigenvalue weighted by atomic mass is 9.69. The Labute approximate surface area is 143 Å². The Kier molecular flexibility index (Phi) is 3.32. The monoisotopic (exact) mass is 340 g/mol. The SMILES string of the molecule is COC1=CC2C(=O)c3cc4c(c(O)c3C(=O)C2C(O)=C1)C(=O)CCC4. The van der Waals surface area contributed by atoms with Crippen molar-refractivity contribution in [2.45, 2.75) is 19.3 Å². The highest BCUT2D eigenvalue weighted by Crippen LogP contribution is 2.44. The van der Waals surface area contributed by atoms with Gasteiger partial charge < -0.3 is 14.9 Å². The molecule has 1 aromatic carbocycles. The number of ketones is 3. The first-order valence-corrected chi connectivity index (χ1v) is 8.11. The van der Waals surface area contributed by atoms with Crippen molar-refractivity contribution in [1.82, 2.24) is 0 Å². The minimum Gasteiger partial charge on any atom is -0.511 e. The van der Waals surface area contributed by atoms with Crippen molar-refractivity contribution in [3.8, 4) is 5.75 Å². The van der Waals surface area contributed by atoms with Gasteiger partial charge in [-0.15, -0.1) is 0 Å². The number of aryl methyl sites for hydroxylation is 1. The summed E-state index contributed by atoms with van der Waals surface area (Å²) >= 11 is 0. The van der Waals surface area contributed by atoms with Gasteiger partial charge in [-0.25, -0.2) is 0 Å². The molecule has 0 saturated carbocycles. The third-order valence-electron chi connectivity index (χ3n) is 5.16. The van der Waals surface area contributed by atoms with E-state index in [9.17, 15) is 24.6 Å². The van der Waals surface area contributed by atoms with Gasteiger partial charge in [-0.2, -0.15) is 0 Å². The number of benzene rings is 1. The van der Waals surface area contributed by atoms with Crippen LogP contribution in [0.4, 0.5) is 0 Å². The molecule has 0 heterocycles. The van der Waals surface area contributed by atoms with Crippen LogP contribution >= 0.6 is 0 Å². The van der Waals surface area contributed by atoms with Gasteiger partial charge in [-0.1, -0.05) is 0 Å². The maximum atomic E-state index is 12.9. The van der Waals surface area contributed by atoms with Crippen LogP contribution in [0, 0.1) is 11.8 Å². The van der Waals surface area contributed by atoms with Gasteiger partial charge in [0.15, 0.2) is 17.3 Å². The van der Waals surface area contributed by atoms with Crippen LogP contribution in [0.1, 0.15) is 49.5 Å². The van der Waals surface area contributed by atoms with Gasteiger partial charge in [0.2, 0.25) is 0 Å². The molecule has 3 aliphatic rings. The number of aliphatic hydroxyl groups excluding tert-OH is 1. The Morgan fingerprint density at radius 2 is 1.84 bits per heavy atom. The molecule has 1 aromatic rings. The molecular formula is C19H16O6. The molecule has 2 N–H and O–H groups in total. The van der Waals surface area contributed by atoms with Crippen molar-refractivity contribution in [2.75, 3.05) is 7.11 Å². The zero-order valence-corrected chi connectivity index (χ0v) is 13.5. The molecule has 6 nitrogen and oxygen atoms in total. The summed E-state index contributed by atoms with van der Waals surface area (Å²) < 4.78 is 5.08. The third kappa shape index (κ3) is 2.06. The van der Waals surface area contributed by atoms with E-state index in [2.05, 4.69) is 0 Å². The summed E-state index contributed by atoms with van der Waals surface area (Å²) in [7, 11) is 1.41. The average Bonchev–Trinajstić information content (AvgIpc) is 2.58. The first kappa shape index (κ1) is 15.6. The van der Waals surface area contributed by atoms with E-state index in [1.807, 2.05) is 0 Å². The fourth-order valence-electron chi connectivity index (χ4n) is 3.97. The van der Waals surface area contributed by atoms with Crippen LogP contribution in [0.5, 0.6) is 5.75 Å². The number of carbonyl (C=O) groups excluding carboxylic acids is 3. The number of aliphatic hydroxyl groups is 1. The summed E-state index contributed by atoms with van der Waals surface area (Å²) in [5, 5.41) is 20.8. The van der Waals surface area contributed by atoms with Gasteiger partial charge in [0.1, 0.15) is 17.3 Å². The second kappa shape index (κ2) is 5.31. The third-order valence-corrected chi connectivity index (χ3v) is 5.16. The number of hydrogen-bond donors (Lipinski definition) is 2. The summed E-state index contributed by atoms with van der Waals surface area (Å²) in [6.45, 7) is 0. The Bertz CT molecular complexity index is 905. The molecule has 4 rings (SSSR count). The van der Waals surface area contributed by atoms with Crippen LogP contribution in [-0.2, 0) is 11.2 Å².